The van der Waals surface area contributed by atoms with Crippen molar-refractivity contribution in [2.75, 3.05) is 6.54 Å². The van der Waals surface area contributed by atoms with E-state index in [2.05, 4.69) is 16.1 Å². The van der Waals surface area contributed by atoms with E-state index < -0.39 is 5.97 Å². The number of hydrogen-bond acceptors (Lipinski definition) is 4. The zero-order valence-corrected chi connectivity index (χ0v) is 8.83. The van der Waals surface area contributed by atoms with E-state index in [9.17, 15) is 4.79 Å². The van der Waals surface area contributed by atoms with Crippen LogP contribution in [0.3, 0.4) is 0 Å². The van der Waals surface area contributed by atoms with E-state index >= 15 is 0 Å². The summed E-state index contributed by atoms with van der Waals surface area (Å²) in [5.74, 6) is 0.418. The highest BCUT2D eigenvalue weighted by molar-refractivity contribution is 5.95. The number of hydrogen-bond donors (Lipinski definition) is 1. The van der Waals surface area contributed by atoms with E-state index in [1.807, 2.05) is 17.3 Å². The Labute approximate surface area is 93.4 Å². The van der Waals surface area contributed by atoms with Crippen molar-refractivity contribution in [3.8, 4) is 0 Å². The summed E-state index contributed by atoms with van der Waals surface area (Å²) in [5, 5.41) is 8.56. The Hall–Kier alpha value is -1.78. The monoisotopic (exact) mass is 219 g/mol. The fourth-order valence-corrected chi connectivity index (χ4v) is 2.22. The summed E-state index contributed by atoms with van der Waals surface area (Å²) in [6, 6.07) is 0.349. The molecule has 1 unspecified atom stereocenters. The van der Waals surface area contributed by atoms with Gasteiger partial charge in [0.05, 0.1) is 5.70 Å². The normalized spacial score (nSPS) is 24.9. The van der Waals surface area contributed by atoms with Crippen molar-refractivity contribution in [2.45, 2.75) is 25.3 Å². The number of nitrogens with zero attached hydrogens (tertiary/aromatic N) is 3. The highest BCUT2D eigenvalue weighted by Crippen LogP contribution is 2.37. The molecular weight excluding hydrogens is 206 g/mol. The molecule has 0 aromatic heterocycles. The van der Waals surface area contributed by atoms with Crippen LogP contribution in [0.1, 0.15) is 19.3 Å². The zero-order chi connectivity index (χ0) is 11.1. The molecular formula is C11H13N3O2. The van der Waals surface area contributed by atoms with Gasteiger partial charge in [-0.2, -0.15) is 0 Å². The molecule has 4 heterocycles. The van der Waals surface area contributed by atoms with Gasteiger partial charge in [-0.15, -0.1) is 0 Å². The Morgan fingerprint density at radius 3 is 3.12 bits per heavy atom. The summed E-state index contributed by atoms with van der Waals surface area (Å²) in [6.45, 7) is 0.752. The van der Waals surface area contributed by atoms with Crippen molar-refractivity contribution in [3.63, 3.8) is 0 Å². The minimum atomic E-state index is -0.732. The standard InChI is InChI=1S/C11H13N3O2/c15-11(16)2-1-3-13-4-5-14-9(7-13)8-6-10(14)12-8/h4-5,7-8H,1-3,6H2,(H,15,16). The lowest BCUT2D eigenvalue weighted by atomic mass is 10.1. The number of carbonyl (C=O) groups is 1. The Morgan fingerprint density at radius 2 is 2.38 bits per heavy atom. The summed E-state index contributed by atoms with van der Waals surface area (Å²) >= 11 is 0. The lowest BCUT2D eigenvalue weighted by molar-refractivity contribution is -0.137. The number of amidine groups is 1. The fraction of sp³-hybridized carbons (Fsp3) is 0.455. The molecule has 0 aliphatic carbocycles. The van der Waals surface area contributed by atoms with Crippen LogP contribution in [-0.2, 0) is 4.79 Å². The molecule has 0 aromatic rings. The number of carboxylic acid groups (broad SMARTS) is 1. The Balaban J connectivity index is 1.59. The van der Waals surface area contributed by atoms with Gasteiger partial charge in [0.15, 0.2) is 0 Å². The zero-order valence-electron chi connectivity index (χ0n) is 8.83. The second kappa shape index (κ2) is 3.37. The summed E-state index contributed by atoms with van der Waals surface area (Å²) in [4.78, 5) is 19.0. The van der Waals surface area contributed by atoms with Crippen molar-refractivity contribution in [3.05, 3.63) is 24.3 Å². The van der Waals surface area contributed by atoms with E-state index in [1.165, 1.54) is 5.70 Å². The smallest absolute Gasteiger partial charge is 0.303 e. The maximum absolute atomic E-state index is 10.4. The molecule has 1 N–H and O–H groups in total. The molecule has 1 saturated heterocycles. The van der Waals surface area contributed by atoms with Gasteiger partial charge in [0, 0.05) is 38.0 Å². The van der Waals surface area contributed by atoms with E-state index in [4.69, 9.17) is 5.11 Å². The largest absolute Gasteiger partial charge is 0.481 e. The molecule has 16 heavy (non-hydrogen) atoms. The van der Waals surface area contributed by atoms with Crippen LogP contribution in [-0.4, -0.2) is 39.3 Å². The van der Waals surface area contributed by atoms with Crippen molar-refractivity contribution < 1.29 is 9.90 Å². The highest BCUT2D eigenvalue weighted by atomic mass is 16.4. The van der Waals surface area contributed by atoms with Gasteiger partial charge in [0.1, 0.15) is 11.9 Å². The number of aliphatic imine (C=N–C) groups is 1. The third-order valence-corrected chi connectivity index (χ3v) is 3.09. The SMILES string of the molecule is O=C(O)CCCN1C=CN2C(=C1)C1CC2=N1. The molecule has 0 saturated carbocycles. The Bertz CT molecular complexity index is 425. The van der Waals surface area contributed by atoms with Crippen molar-refractivity contribution >= 4 is 11.8 Å². The summed E-state index contributed by atoms with van der Waals surface area (Å²) in [5.41, 5.74) is 1.23. The predicted octanol–water partition coefficient (Wildman–Crippen LogP) is 0.966. The van der Waals surface area contributed by atoms with E-state index in [0.717, 1.165) is 18.8 Å². The van der Waals surface area contributed by atoms with Gasteiger partial charge in [-0.25, -0.2) is 0 Å². The molecule has 0 spiro atoms. The quantitative estimate of drug-likeness (QED) is 0.765. The number of aliphatic carboxylic acids is 1. The van der Waals surface area contributed by atoms with Crippen LogP contribution in [0.5, 0.6) is 0 Å². The highest BCUT2D eigenvalue weighted by Gasteiger charge is 2.41. The van der Waals surface area contributed by atoms with Crippen molar-refractivity contribution in [1.29, 1.82) is 0 Å². The van der Waals surface area contributed by atoms with Crippen molar-refractivity contribution in [1.82, 2.24) is 9.80 Å². The van der Waals surface area contributed by atoms with Gasteiger partial charge in [-0.1, -0.05) is 0 Å². The van der Waals surface area contributed by atoms with Crippen LogP contribution in [0.25, 0.3) is 0 Å². The molecule has 0 aromatic carbocycles. The maximum Gasteiger partial charge on any atom is 0.303 e. The summed E-state index contributed by atoms with van der Waals surface area (Å²) in [7, 11) is 0. The van der Waals surface area contributed by atoms with Gasteiger partial charge in [-0.3, -0.25) is 9.79 Å². The first kappa shape index (κ1) is 9.45. The molecule has 0 radical (unpaired) electrons. The van der Waals surface area contributed by atoms with Gasteiger partial charge in [0.25, 0.3) is 0 Å². The van der Waals surface area contributed by atoms with Gasteiger partial charge in [0.2, 0.25) is 0 Å². The molecule has 2 bridgehead atoms. The van der Waals surface area contributed by atoms with Crippen LogP contribution in [0.15, 0.2) is 29.3 Å². The molecule has 4 aliphatic heterocycles. The van der Waals surface area contributed by atoms with Crippen LogP contribution in [0.4, 0.5) is 0 Å². The van der Waals surface area contributed by atoms with E-state index in [1.54, 1.807) is 0 Å². The predicted molar refractivity (Wildman–Crippen MR) is 58.5 cm³/mol. The number of rotatable bonds is 4. The average molecular weight is 219 g/mol. The first-order chi connectivity index (χ1) is 7.74. The maximum atomic E-state index is 10.4. The molecule has 84 valence electrons. The second-order valence-corrected chi connectivity index (χ2v) is 4.22. The molecule has 1 atom stereocenters. The van der Waals surface area contributed by atoms with E-state index in [-0.39, 0.29) is 6.42 Å². The van der Waals surface area contributed by atoms with Gasteiger partial charge in [-0.05, 0) is 6.42 Å². The Kier molecular flexibility index (Phi) is 1.99. The second-order valence-electron chi connectivity index (χ2n) is 4.22. The Morgan fingerprint density at radius 1 is 1.56 bits per heavy atom. The van der Waals surface area contributed by atoms with Crippen LogP contribution in [0, 0.1) is 0 Å². The van der Waals surface area contributed by atoms with Gasteiger partial charge < -0.3 is 14.9 Å². The average Bonchev–Trinajstić information content (AvgIpc) is 2.68. The lowest BCUT2D eigenvalue weighted by Crippen LogP contribution is -2.23. The summed E-state index contributed by atoms with van der Waals surface area (Å²) < 4.78 is 0. The minimum Gasteiger partial charge on any atom is -0.481 e. The third-order valence-electron chi connectivity index (χ3n) is 3.09. The number of carboxylic acids is 1. The van der Waals surface area contributed by atoms with E-state index in [0.29, 0.717) is 12.5 Å². The topological polar surface area (TPSA) is 56.1 Å². The molecule has 0 amide bonds. The van der Waals surface area contributed by atoms with Crippen LogP contribution < -0.4 is 0 Å². The first-order valence-corrected chi connectivity index (χ1v) is 5.47. The van der Waals surface area contributed by atoms with Gasteiger partial charge >= 0.3 is 5.97 Å². The van der Waals surface area contributed by atoms with Crippen LogP contribution in [0.2, 0.25) is 0 Å². The first-order valence-electron chi connectivity index (χ1n) is 5.47. The molecule has 1 fully saturated rings. The fourth-order valence-electron chi connectivity index (χ4n) is 2.22. The van der Waals surface area contributed by atoms with Crippen LogP contribution >= 0.6 is 0 Å². The summed E-state index contributed by atoms with van der Waals surface area (Å²) in [6.07, 6.45) is 8.02. The third kappa shape index (κ3) is 1.39. The molecule has 4 rings (SSSR count). The molecule has 5 heteroatoms. The molecule has 5 nitrogen and oxygen atoms in total. The minimum absolute atomic E-state index is 0.225. The molecule has 4 aliphatic rings. The van der Waals surface area contributed by atoms with Crippen molar-refractivity contribution in [2.24, 2.45) is 4.99 Å². The lowest BCUT2D eigenvalue weighted by Gasteiger charge is -2.24.